The largest absolute Gasteiger partial charge is 0.381 e. The SMILES string of the molecule is CCCC(COCCC1CC1)CS(N)(=O)=O. The summed E-state index contributed by atoms with van der Waals surface area (Å²) >= 11 is 0. The molecule has 0 aromatic heterocycles. The third-order valence-electron chi connectivity index (χ3n) is 2.89. The molecule has 1 rings (SSSR count). The lowest BCUT2D eigenvalue weighted by Gasteiger charge is -2.14. The minimum atomic E-state index is -3.37. The Bertz CT molecular complexity index is 286. The summed E-state index contributed by atoms with van der Waals surface area (Å²) in [6, 6.07) is 0. The molecule has 0 radical (unpaired) electrons. The van der Waals surface area contributed by atoms with Crippen molar-refractivity contribution >= 4 is 10.0 Å². The van der Waals surface area contributed by atoms with Gasteiger partial charge in [0.05, 0.1) is 12.4 Å². The van der Waals surface area contributed by atoms with Crippen molar-refractivity contribution in [3.63, 3.8) is 0 Å². The smallest absolute Gasteiger partial charge is 0.209 e. The van der Waals surface area contributed by atoms with Gasteiger partial charge in [-0.25, -0.2) is 13.6 Å². The molecule has 1 fully saturated rings. The molecule has 1 aliphatic carbocycles. The second-order valence-corrected chi connectivity index (χ2v) is 6.45. The second kappa shape index (κ2) is 6.57. The minimum absolute atomic E-state index is 0.0459. The topological polar surface area (TPSA) is 69.4 Å². The molecule has 4 nitrogen and oxygen atoms in total. The predicted molar refractivity (Wildman–Crippen MR) is 64.5 cm³/mol. The van der Waals surface area contributed by atoms with Gasteiger partial charge in [-0.1, -0.05) is 26.2 Å². The number of hydrogen-bond donors (Lipinski definition) is 1. The fourth-order valence-corrected chi connectivity index (χ4v) is 2.78. The van der Waals surface area contributed by atoms with Crippen LogP contribution in [0.15, 0.2) is 0 Å². The number of ether oxygens (including phenoxy) is 1. The first-order valence-corrected chi connectivity index (χ1v) is 7.81. The lowest BCUT2D eigenvalue weighted by Crippen LogP contribution is -2.26. The Morgan fingerprint density at radius 1 is 1.44 bits per heavy atom. The first-order chi connectivity index (χ1) is 7.51. The van der Waals surface area contributed by atoms with E-state index in [4.69, 9.17) is 9.88 Å². The van der Waals surface area contributed by atoms with Crippen molar-refractivity contribution in [3.8, 4) is 0 Å². The fourth-order valence-electron chi connectivity index (χ4n) is 1.86. The van der Waals surface area contributed by atoms with Crippen LogP contribution in [-0.4, -0.2) is 27.4 Å². The van der Waals surface area contributed by atoms with Crippen molar-refractivity contribution in [1.29, 1.82) is 0 Å². The molecule has 1 unspecified atom stereocenters. The van der Waals surface area contributed by atoms with Gasteiger partial charge in [-0.3, -0.25) is 0 Å². The highest BCUT2D eigenvalue weighted by Crippen LogP contribution is 2.32. The van der Waals surface area contributed by atoms with Crippen molar-refractivity contribution in [1.82, 2.24) is 0 Å². The van der Waals surface area contributed by atoms with Gasteiger partial charge in [0, 0.05) is 6.61 Å². The monoisotopic (exact) mass is 249 g/mol. The van der Waals surface area contributed by atoms with Crippen molar-refractivity contribution in [3.05, 3.63) is 0 Å². The van der Waals surface area contributed by atoms with E-state index in [1.54, 1.807) is 0 Å². The number of hydrogen-bond acceptors (Lipinski definition) is 3. The molecule has 16 heavy (non-hydrogen) atoms. The zero-order chi connectivity index (χ0) is 12.0. The highest BCUT2D eigenvalue weighted by Gasteiger charge is 2.21. The van der Waals surface area contributed by atoms with Crippen LogP contribution in [0.5, 0.6) is 0 Å². The van der Waals surface area contributed by atoms with E-state index in [-0.39, 0.29) is 11.7 Å². The van der Waals surface area contributed by atoms with Gasteiger partial charge in [-0.2, -0.15) is 0 Å². The fraction of sp³-hybridized carbons (Fsp3) is 1.00. The van der Waals surface area contributed by atoms with Gasteiger partial charge in [0.2, 0.25) is 10.0 Å². The Morgan fingerprint density at radius 2 is 2.12 bits per heavy atom. The van der Waals surface area contributed by atoms with E-state index in [1.807, 2.05) is 6.92 Å². The Balaban J connectivity index is 2.15. The van der Waals surface area contributed by atoms with Crippen molar-refractivity contribution in [2.75, 3.05) is 19.0 Å². The van der Waals surface area contributed by atoms with Crippen LogP contribution in [0.4, 0.5) is 0 Å². The van der Waals surface area contributed by atoms with Crippen molar-refractivity contribution in [2.45, 2.75) is 39.0 Å². The molecule has 0 heterocycles. The van der Waals surface area contributed by atoms with E-state index < -0.39 is 10.0 Å². The van der Waals surface area contributed by atoms with E-state index in [2.05, 4.69) is 0 Å². The summed E-state index contributed by atoms with van der Waals surface area (Å²) in [7, 11) is -3.37. The van der Waals surface area contributed by atoms with Crippen LogP contribution in [0.3, 0.4) is 0 Å². The Morgan fingerprint density at radius 3 is 2.62 bits per heavy atom. The summed E-state index contributed by atoms with van der Waals surface area (Å²) in [5, 5.41) is 5.05. The van der Waals surface area contributed by atoms with Crippen molar-refractivity contribution < 1.29 is 13.2 Å². The maximum atomic E-state index is 11.0. The molecular weight excluding hydrogens is 226 g/mol. The number of sulfonamides is 1. The highest BCUT2D eigenvalue weighted by molar-refractivity contribution is 7.89. The number of primary sulfonamides is 1. The third-order valence-corrected chi connectivity index (χ3v) is 3.82. The van der Waals surface area contributed by atoms with Gasteiger partial charge < -0.3 is 4.74 Å². The maximum Gasteiger partial charge on any atom is 0.209 e. The van der Waals surface area contributed by atoms with E-state index >= 15 is 0 Å². The first-order valence-electron chi connectivity index (χ1n) is 6.09. The Kier molecular flexibility index (Phi) is 5.72. The van der Waals surface area contributed by atoms with Crippen LogP contribution < -0.4 is 5.14 Å². The van der Waals surface area contributed by atoms with E-state index in [0.29, 0.717) is 6.61 Å². The average molecular weight is 249 g/mol. The quantitative estimate of drug-likeness (QED) is 0.630. The molecule has 5 heteroatoms. The van der Waals surface area contributed by atoms with E-state index in [9.17, 15) is 8.42 Å². The van der Waals surface area contributed by atoms with Gasteiger partial charge in [-0.05, 0) is 24.7 Å². The summed E-state index contributed by atoms with van der Waals surface area (Å²) in [5.41, 5.74) is 0. The van der Waals surface area contributed by atoms with Crippen molar-refractivity contribution in [2.24, 2.45) is 17.0 Å². The molecule has 0 spiro atoms. The van der Waals surface area contributed by atoms with Gasteiger partial charge in [0.25, 0.3) is 0 Å². The zero-order valence-corrected chi connectivity index (χ0v) is 10.8. The van der Waals surface area contributed by atoms with E-state index in [1.165, 1.54) is 12.8 Å². The molecular formula is C11H23NO3S. The minimum Gasteiger partial charge on any atom is -0.381 e. The van der Waals surface area contributed by atoms with Crippen LogP contribution in [0.1, 0.15) is 39.0 Å². The zero-order valence-electron chi connectivity index (χ0n) is 10.0. The van der Waals surface area contributed by atoms with Crippen LogP contribution in [-0.2, 0) is 14.8 Å². The number of nitrogens with two attached hydrogens (primary N) is 1. The number of rotatable bonds is 9. The van der Waals surface area contributed by atoms with Gasteiger partial charge in [0.1, 0.15) is 0 Å². The summed E-state index contributed by atoms with van der Waals surface area (Å²) < 4.78 is 27.5. The molecule has 96 valence electrons. The first kappa shape index (κ1) is 13.9. The molecule has 0 amide bonds. The Hall–Kier alpha value is -0.130. The molecule has 1 atom stereocenters. The molecule has 0 aromatic rings. The Labute approximate surface area is 98.6 Å². The lowest BCUT2D eigenvalue weighted by molar-refractivity contribution is 0.0977. The molecule has 0 aromatic carbocycles. The molecule has 2 N–H and O–H groups in total. The van der Waals surface area contributed by atoms with Gasteiger partial charge in [-0.15, -0.1) is 0 Å². The molecule has 1 saturated carbocycles. The molecule has 0 aliphatic heterocycles. The summed E-state index contributed by atoms with van der Waals surface area (Å²) in [4.78, 5) is 0. The average Bonchev–Trinajstić information content (AvgIpc) is 2.93. The lowest BCUT2D eigenvalue weighted by atomic mass is 10.1. The van der Waals surface area contributed by atoms with Crippen LogP contribution in [0.2, 0.25) is 0 Å². The van der Waals surface area contributed by atoms with Crippen LogP contribution in [0.25, 0.3) is 0 Å². The molecule has 0 saturated heterocycles. The summed E-state index contributed by atoms with van der Waals surface area (Å²) in [5.74, 6) is 0.964. The highest BCUT2D eigenvalue weighted by atomic mass is 32.2. The molecule has 0 bridgehead atoms. The standard InChI is InChI=1S/C11H23NO3S/c1-2-3-11(9-16(12,13)14)8-15-7-6-10-4-5-10/h10-11H,2-9H2,1H3,(H2,12,13,14). The second-order valence-electron chi connectivity index (χ2n) is 4.79. The summed E-state index contributed by atoms with van der Waals surface area (Å²) in [6.45, 7) is 3.33. The maximum absolute atomic E-state index is 11.0. The predicted octanol–water partition coefficient (Wildman–Crippen LogP) is 1.51. The molecule has 1 aliphatic rings. The van der Waals surface area contributed by atoms with Gasteiger partial charge >= 0.3 is 0 Å². The third kappa shape index (κ3) is 7.19. The summed E-state index contributed by atoms with van der Waals surface area (Å²) in [6.07, 6.45) is 5.61. The van der Waals surface area contributed by atoms with Gasteiger partial charge in [0.15, 0.2) is 0 Å². The van der Waals surface area contributed by atoms with Crippen LogP contribution >= 0.6 is 0 Å². The van der Waals surface area contributed by atoms with Crippen LogP contribution in [0, 0.1) is 11.8 Å². The van der Waals surface area contributed by atoms with E-state index in [0.717, 1.165) is 31.8 Å². The normalized spacial score (nSPS) is 18.6.